The number of benzene rings is 1. The first-order chi connectivity index (χ1) is 9.34. The fourth-order valence-corrected chi connectivity index (χ4v) is 1.93. The zero-order chi connectivity index (χ0) is 15.3. The van der Waals surface area contributed by atoms with Gasteiger partial charge in [-0.05, 0) is 50.5 Å². The standard InChI is InChI=1S/C15H21N3OS/c1-5-12-9-11(10-16)7-8-13(12)18(20)14(19)17-15(3,4)6-2/h7-9,20H,5-6H2,1-4H3,(H,17,19). The summed E-state index contributed by atoms with van der Waals surface area (Å²) in [4.78, 5) is 12.2. The second-order valence-electron chi connectivity index (χ2n) is 5.29. The summed E-state index contributed by atoms with van der Waals surface area (Å²) in [5, 5.41) is 11.8. The minimum atomic E-state index is -0.281. The van der Waals surface area contributed by atoms with Gasteiger partial charge in [0, 0.05) is 5.54 Å². The number of amides is 2. The zero-order valence-corrected chi connectivity index (χ0v) is 13.3. The molecule has 0 aliphatic carbocycles. The first-order valence-electron chi connectivity index (χ1n) is 6.68. The maximum atomic E-state index is 12.2. The molecule has 0 unspecified atom stereocenters. The molecule has 0 spiro atoms. The molecular formula is C15H21N3OS. The molecule has 0 bridgehead atoms. The average Bonchev–Trinajstić information content (AvgIpc) is 2.45. The van der Waals surface area contributed by atoms with Crippen molar-refractivity contribution in [2.24, 2.45) is 0 Å². The Morgan fingerprint density at radius 2 is 2.10 bits per heavy atom. The van der Waals surface area contributed by atoms with E-state index in [4.69, 9.17) is 5.26 Å². The lowest BCUT2D eigenvalue weighted by Crippen LogP contribution is -2.47. The fourth-order valence-electron chi connectivity index (χ4n) is 1.69. The number of nitrogens with zero attached hydrogens (tertiary/aromatic N) is 2. The van der Waals surface area contributed by atoms with Crippen molar-refractivity contribution in [1.29, 1.82) is 5.26 Å². The van der Waals surface area contributed by atoms with Crippen molar-refractivity contribution in [3.63, 3.8) is 0 Å². The fraction of sp³-hybridized carbons (Fsp3) is 0.467. The Morgan fingerprint density at radius 3 is 2.60 bits per heavy atom. The molecule has 5 heteroatoms. The quantitative estimate of drug-likeness (QED) is 0.832. The SMILES string of the molecule is CCc1cc(C#N)ccc1N(S)C(=O)NC(C)(C)CC. The highest BCUT2D eigenvalue weighted by Crippen LogP contribution is 2.25. The smallest absolute Gasteiger partial charge is 0.332 e. The Labute approximate surface area is 126 Å². The molecule has 2 amide bonds. The van der Waals surface area contributed by atoms with Gasteiger partial charge in [0.25, 0.3) is 0 Å². The average molecular weight is 291 g/mol. The topological polar surface area (TPSA) is 56.1 Å². The van der Waals surface area contributed by atoms with E-state index in [-0.39, 0.29) is 11.6 Å². The van der Waals surface area contributed by atoms with Gasteiger partial charge in [0.1, 0.15) is 0 Å². The van der Waals surface area contributed by atoms with Crippen LogP contribution in [0.2, 0.25) is 0 Å². The van der Waals surface area contributed by atoms with Crippen molar-refractivity contribution in [1.82, 2.24) is 5.32 Å². The number of urea groups is 1. The van der Waals surface area contributed by atoms with Crippen molar-refractivity contribution in [2.45, 2.75) is 46.1 Å². The van der Waals surface area contributed by atoms with Crippen molar-refractivity contribution in [3.8, 4) is 6.07 Å². The van der Waals surface area contributed by atoms with Crippen LogP contribution in [0.4, 0.5) is 10.5 Å². The lowest BCUT2D eigenvalue weighted by Gasteiger charge is -2.28. The molecule has 0 saturated carbocycles. The summed E-state index contributed by atoms with van der Waals surface area (Å²) in [6, 6.07) is 7.07. The van der Waals surface area contributed by atoms with Gasteiger partial charge in [-0.25, -0.2) is 9.10 Å². The maximum absolute atomic E-state index is 12.2. The summed E-state index contributed by atoms with van der Waals surface area (Å²) in [7, 11) is 0. The molecule has 0 aliphatic rings. The number of hydrogen-bond acceptors (Lipinski definition) is 3. The summed E-state index contributed by atoms with van der Waals surface area (Å²) in [6.45, 7) is 7.93. The van der Waals surface area contributed by atoms with Gasteiger partial charge in [-0.15, -0.1) is 0 Å². The molecular weight excluding hydrogens is 270 g/mol. The number of aryl methyl sites for hydroxylation is 1. The summed E-state index contributed by atoms with van der Waals surface area (Å²) in [5.74, 6) is 0. The second-order valence-corrected chi connectivity index (χ2v) is 5.69. The molecule has 0 radical (unpaired) electrons. The van der Waals surface area contributed by atoms with E-state index in [1.54, 1.807) is 18.2 Å². The molecule has 1 N–H and O–H groups in total. The zero-order valence-electron chi connectivity index (χ0n) is 12.4. The van der Waals surface area contributed by atoms with E-state index >= 15 is 0 Å². The summed E-state index contributed by atoms with van der Waals surface area (Å²) in [6.07, 6.45) is 1.56. The Bertz CT molecular complexity index is 534. The number of thiol groups is 1. The maximum Gasteiger partial charge on any atom is 0.332 e. The van der Waals surface area contributed by atoms with E-state index in [1.165, 1.54) is 4.31 Å². The number of carbonyl (C=O) groups is 1. The van der Waals surface area contributed by atoms with Gasteiger partial charge < -0.3 is 5.32 Å². The largest absolute Gasteiger partial charge is 0.332 e. The Kier molecular flexibility index (Phi) is 5.46. The third-order valence-electron chi connectivity index (χ3n) is 3.34. The van der Waals surface area contributed by atoms with Crippen LogP contribution >= 0.6 is 12.8 Å². The molecule has 20 heavy (non-hydrogen) atoms. The molecule has 0 aromatic heterocycles. The van der Waals surface area contributed by atoms with Crippen LogP contribution < -0.4 is 9.62 Å². The molecule has 1 aromatic rings. The lowest BCUT2D eigenvalue weighted by atomic mass is 10.0. The number of nitriles is 1. The van der Waals surface area contributed by atoms with Crippen LogP contribution in [0.15, 0.2) is 18.2 Å². The van der Waals surface area contributed by atoms with Crippen molar-refractivity contribution in [3.05, 3.63) is 29.3 Å². The monoisotopic (exact) mass is 291 g/mol. The van der Waals surface area contributed by atoms with Gasteiger partial charge in [0.2, 0.25) is 0 Å². The van der Waals surface area contributed by atoms with Crippen LogP contribution in [0.5, 0.6) is 0 Å². The van der Waals surface area contributed by atoms with Crippen LogP contribution in [0.25, 0.3) is 0 Å². The molecule has 0 heterocycles. The predicted octanol–water partition coefficient (Wildman–Crippen LogP) is 3.67. The minimum absolute atomic E-state index is 0.264. The van der Waals surface area contributed by atoms with Gasteiger partial charge in [-0.1, -0.05) is 26.7 Å². The van der Waals surface area contributed by atoms with Crippen LogP contribution in [-0.2, 0) is 6.42 Å². The third-order valence-corrected chi connectivity index (χ3v) is 3.74. The number of carbonyl (C=O) groups excluding carboxylic acids is 1. The first-order valence-corrected chi connectivity index (χ1v) is 7.08. The molecule has 1 aromatic carbocycles. The van der Waals surface area contributed by atoms with E-state index in [2.05, 4.69) is 24.2 Å². The number of rotatable bonds is 4. The van der Waals surface area contributed by atoms with Crippen LogP contribution in [0.3, 0.4) is 0 Å². The van der Waals surface area contributed by atoms with Crippen molar-refractivity contribution < 1.29 is 4.79 Å². The number of hydrogen-bond donors (Lipinski definition) is 2. The van der Waals surface area contributed by atoms with Crippen LogP contribution in [0.1, 0.15) is 45.2 Å². The Morgan fingerprint density at radius 1 is 1.45 bits per heavy atom. The van der Waals surface area contributed by atoms with Crippen molar-refractivity contribution in [2.75, 3.05) is 4.31 Å². The highest BCUT2D eigenvalue weighted by molar-refractivity contribution is 7.82. The molecule has 0 saturated heterocycles. The van der Waals surface area contributed by atoms with Gasteiger partial charge in [-0.2, -0.15) is 5.26 Å². The normalized spacial score (nSPS) is 10.8. The third kappa shape index (κ3) is 3.91. The van der Waals surface area contributed by atoms with Gasteiger partial charge in [-0.3, -0.25) is 0 Å². The second kappa shape index (κ2) is 6.67. The Balaban J connectivity index is 3.00. The predicted molar refractivity (Wildman–Crippen MR) is 84.9 cm³/mol. The first kappa shape index (κ1) is 16.4. The lowest BCUT2D eigenvalue weighted by molar-refractivity contribution is 0.238. The van der Waals surface area contributed by atoms with E-state index < -0.39 is 0 Å². The van der Waals surface area contributed by atoms with E-state index in [1.807, 2.05) is 27.7 Å². The van der Waals surface area contributed by atoms with E-state index in [0.717, 1.165) is 18.4 Å². The molecule has 0 aliphatic heterocycles. The van der Waals surface area contributed by atoms with E-state index in [0.29, 0.717) is 11.3 Å². The minimum Gasteiger partial charge on any atom is -0.332 e. The summed E-state index contributed by atoms with van der Waals surface area (Å²) >= 11 is 4.29. The van der Waals surface area contributed by atoms with E-state index in [9.17, 15) is 4.79 Å². The highest BCUT2D eigenvalue weighted by atomic mass is 32.1. The number of anilines is 1. The molecule has 108 valence electrons. The van der Waals surface area contributed by atoms with Crippen LogP contribution in [0, 0.1) is 11.3 Å². The van der Waals surface area contributed by atoms with Gasteiger partial charge in [0.05, 0.1) is 17.3 Å². The van der Waals surface area contributed by atoms with Gasteiger partial charge >= 0.3 is 6.03 Å². The molecule has 4 nitrogen and oxygen atoms in total. The highest BCUT2D eigenvalue weighted by Gasteiger charge is 2.22. The number of nitrogens with one attached hydrogen (secondary N) is 1. The van der Waals surface area contributed by atoms with Crippen LogP contribution in [-0.4, -0.2) is 11.6 Å². The van der Waals surface area contributed by atoms with Gasteiger partial charge in [0.15, 0.2) is 0 Å². The van der Waals surface area contributed by atoms with Crippen molar-refractivity contribution >= 4 is 24.5 Å². The summed E-state index contributed by atoms with van der Waals surface area (Å²) < 4.78 is 1.30. The molecule has 0 atom stereocenters. The summed E-state index contributed by atoms with van der Waals surface area (Å²) in [5.41, 5.74) is 1.93. The molecule has 1 rings (SSSR count). The molecule has 0 fully saturated rings. The Hall–Kier alpha value is -1.67.